The van der Waals surface area contributed by atoms with Crippen molar-refractivity contribution < 1.29 is 69.3 Å². The largest absolute Gasteiger partial charge is 0.481 e. The molecule has 14 nitrogen and oxygen atoms in total. The van der Waals surface area contributed by atoms with Crippen LogP contribution in [0.3, 0.4) is 0 Å². The van der Waals surface area contributed by atoms with Crippen LogP contribution in [0.2, 0.25) is 0 Å². The number of rotatable bonds is 11. The Labute approximate surface area is 168 Å². The monoisotopic (exact) mass is 436 g/mol. The molecule has 0 aromatic carbocycles. The molecule has 7 N–H and O–H groups in total. The minimum absolute atomic E-state index is 0.303. The van der Waals surface area contributed by atoms with Crippen molar-refractivity contribution in [1.82, 2.24) is 0 Å². The summed E-state index contributed by atoms with van der Waals surface area (Å²) in [5, 5.41) is 56.9. The molecular formula is C16H20O14. The fourth-order valence-electron chi connectivity index (χ4n) is 1.18. The quantitative estimate of drug-likeness (QED) is 0.208. The third kappa shape index (κ3) is 21.8. The van der Waals surface area contributed by atoms with Gasteiger partial charge in [-0.05, 0) is 0 Å². The van der Waals surface area contributed by atoms with Crippen molar-refractivity contribution in [2.24, 2.45) is 5.92 Å². The summed E-state index contributed by atoms with van der Waals surface area (Å²) in [7, 11) is 0. The molecule has 0 unspecified atom stereocenters. The summed E-state index contributed by atoms with van der Waals surface area (Å²) in [6, 6.07) is 0. The van der Waals surface area contributed by atoms with Crippen LogP contribution in [-0.2, 0) is 33.6 Å². The van der Waals surface area contributed by atoms with Gasteiger partial charge in [0.25, 0.3) is 0 Å². The first-order valence-electron chi connectivity index (χ1n) is 7.43. The van der Waals surface area contributed by atoms with Gasteiger partial charge >= 0.3 is 41.8 Å². The Hall–Kier alpha value is -4.23. The summed E-state index contributed by atoms with van der Waals surface area (Å²) in [6.45, 7) is 6.03. The topological polar surface area (TPSA) is 261 Å². The third-order valence-electron chi connectivity index (χ3n) is 2.53. The van der Waals surface area contributed by atoms with Crippen molar-refractivity contribution in [3.63, 3.8) is 0 Å². The Morgan fingerprint density at radius 1 is 0.533 bits per heavy atom. The lowest BCUT2D eigenvalue weighted by atomic mass is 10.0. The van der Waals surface area contributed by atoms with Crippen LogP contribution in [0.4, 0.5) is 0 Å². The van der Waals surface area contributed by atoms with E-state index in [2.05, 4.69) is 13.2 Å². The summed E-state index contributed by atoms with van der Waals surface area (Å²) < 4.78 is 0. The summed E-state index contributed by atoms with van der Waals surface area (Å²) in [5.41, 5.74) is -0.606. The molecule has 30 heavy (non-hydrogen) atoms. The predicted octanol–water partition coefficient (Wildman–Crippen LogP) is -0.160. The fourth-order valence-corrected chi connectivity index (χ4v) is 1.18. The Morgan fingerprint density at radius 2 is 0.800 bits per heavy atom. The summed E-state index contributed by atoms with van der Waals surface area (Å²) >= 11 is 0. The van der Waals surface area contributed by atoms with Crippen LogP contribution in [0.15, 0.2) is 24.3 Å². The van der Waals surface area contributed by atoms with E-state index in [9.17, 15) is 33.6 Å². The van der Waals surface area contributed by atoms with E-state index in [-0.39, 0.29) is 11.1 Å². The van der Waals surface area contributed by atoms with E-state index >= 15 is 0 Å². The Bertz CT molecular complexity index is 663. The molecule has 0 atom stereocenters. The minimum Gasteiger partial charge on any atom is -0.481 e. The summed E-state index contributed by atoms with van der Waals surface area (Å²) in [6.07, 6.45) is -2.34. The predicted molar refractivity (Wildman–Crippen MR) is 93.7 cm³/mol. The molecule has 0 radical (unpaired) electrons. The first-order valence-corrected chi connectivity index (χ1v) is 7.43. The zero-order valence-corrected chi connectivity index (χ0v) is 15.3. The molecule has 0 fully saturated rings. The van der Waals surface area contributed by atoms with Gasteiger partial charge < -0.3 is 35.7 Å². The molecule has 14 heteroatoms. The van der Waals surface area contributed by atoms with Gasteiger partial charge in [-0.3, -0.25) is 24.0 Å². The molecule has 0 rings (SSSR count). The molecule has 0 saturated carbocycles. The average molecular weight is 436 g/mol. The van der Waals surface area contributed by atoms with E-state index in [0.717, 1.165) is 0 Å². The Morgan fingerprint density at radius 3 is 0.900 bits per heavy atom. The van der Waals surface area contributed by atoms with Crippen LogP contribution in [0.5, 0.6) is 0 Å². The Kier molecular flexibility index (Phi) is 16.1. The average Bonchev–Trinajstić information content (AvgIpc) is 2.53. The van der Waals surface area contributed by atoms with Crippen molar-refractivity contribution in [2.45, 2.75) is 25.7 Å². The van der Waals surface area contributed by atoms with Gasteiger partial charge in [-0.15, -0.1) is 0 Å². The van der Waals surface area contributed by atoms with Gasteiger partial charge in [0.1, 0.15) is 0 Å². The van der Waals surface area contributed by atoms with E-state index in [0.29, 0.717) is 0 Å². The van der Waals surface area contributed by atoms with E-state index in [1.54, 1.807) is 0 Å². The molecule has 0 aromatic rings. The molecule has 0 spiro atoms. The number of carbonyl (C=O) groups is 7. The van der Waals surface area contributed by atoms with Crippen LogP contribution in [0, 0.1) is 5.92 Å². The molecule has 0 bridgehead atoms. The number of carboxylic acids is 7. The summed E-state index contributed by atoms with van der Waals surface area (Å²) in [4.78, 5) is 69.6. The van der Waals surface area contributed by atoms with Crippen LogP contribution in [0.1, 0.15) is 25.7 Å². The molecule has 0 aliphatic rings. The number of hydrogen-bond donors (Lipinski definition) is 7. The highest BCUT2D eigenvalue weighted by molar-refractivity contribution is 5.91. The molecule has 168 valence electrons. The second kappa shape index (κ2) is 15.8. The van der Waals surface area contributed by atoms with Crippen LogP contribution in [0.25, 0.3) is 0 Å². The maximum Gasteiger partial charge on any atom is 0.331 e. The molecule has 0 aromatic heterocycles. The second-order valence-corrected chi connectivity index (χ2v) is 5.19. The van der Waals surface area contributed by atoms with Gasteiger partial charge in [0.15, 0.2) is 0 Å². The number of hydrogen-bond acceptors (Lipinski definition) is 7. The lowest BCUT2D eigenvalue weighted by molar-refractivity contribution is -0.152. The molecular weight excluding hydrogens is 416 g/mol. The highest BCUT2D eigenvalue weighted by Gasteiger charge is 2.23. The molecule has 0 amide bonds. The zero-order chi connectivity index (χ0) is 24.6. The van der Waals surface area contributed by atoms with Crippen LogP contribution < -0.4 is 0 Å². The van der Waals surface area contributed by atoms with E-state index < -0.39 is 73.4 Å². The van der Waals surface area contributed by atoms with Crippen LogP contribution >= 0.6 is 0 Å². The van der Waals surface area contributed by atoms with E-state index in [4.69, 9.17) is 35.7 Å². The Balaban J connectivity index is -0.000000371. The highest BCUT2D eigenvalue weighted by atomic mass is 16.4. The van der Waals surface area contributed by atoms with Gasteiger partial charge in [0.05, 0.1) is 31.6 Å². The van der Waals surface area contributed by atoms with Gasteiger partial charge in [0, 0.05) is 11.1 Å². The van der Waals surface area contributed by atoms with Gasteiger partial charge in [-0.25, -0.2) is 9.59 Å². The maximum absolute atomic E-state index is 10.2. The van der Waals surface area contributed by atoms with E-state index in [1.807, 2.05) is 0 Å². The highest BCUT2D eigenvalue weighted by Crippen LogP contribution is 2.08. The normalized spacial score (nSPS) is 8.97. The molecule has 0 aliphatic carbocycles. The van der Waals surface area contributed by atoms with Crippen molar-refractivity contribution in [3.05, 3.63) is 24.3 Å². The second-order valence-electron chi connectivity index (χ2n) is 5.19. The maximum atomic E-state index is 10.2. The first kappa shape index (κ1) is 30.5. The van der Waals surface area contributed by atoms with Crippen molar-refractivity contribution in [1.29, 1.82) is 0 Å². The van der Waals surface area contributed by atoms with Crippen molar-refractivity contribution in [2.75, 3.05) is 0 Å². The van der Waals surface area contributed by atoms with Gasteiger partial charge in [-0.2, -0.15) is 0 Å². The first-order chi connectivity index (χ1) is 13.5. The number of carboxylic acid groups (broad SMARTS) is 7. The lowest BCUT2D eigenvalue weighted by Gasteiger charge is -2.04. The summed E-state index contributed by atoms with van der Waals surface area (Å²) in [5.74, 6) is -10.3. The fraction of sp³-hybridized carbons (Fsp3) is 0.312. The minimum atomic E-state index is -1.40. The smallest absolute Gasteiger partial charge is 0.331 e. The van der Waals surface area contributed by atoms with Crippen molar-refractivity contribution in [3.8, 4) is 0 Å². The standard InChI is InChI=1S/C6H8O6.2C5H6O4/c7-4(8)1-3(6(11)12)2-5(9)10;2*1-3(5(8)9)2-4(6)7/h3H,1-2H2,(H,7,8)(H,9,10)(H,11,12);2*1-2H2,(H,6,7)(H,8,9). The zero-order valence-electron chi connectivity index (χ0n) is 15.3. The molecule has 0 heterocycles. The van der Waals surface area contributed by atoms with Gasteiger partial charge in [-0.1, -0.05) is 13.2 Å². The SMILES string of the molecule is C=C(CC(=O)O)C(=O)O.C=C(CC(=O)O)C(=O)O.O=C(O)CC(CC(=O)O)C(=O)O. The van der Waals surface area contributed by atoms with Crippen LogP contribution in [-0.4, -0.2) is 77.5 Å². The molecule has 0 aliphatic heterocycles. The third-order valence-corrected chi connectivity index (χ3v) is 2.53. The van der Waals surface area contributed by atoms with Gasteiger partial charge in [0.2, 0.25) is 0 Å². The molecule has 0 saturated heterocycles. The number of aliphatic carboxylic acids is 7. The van der Waals surface area contributed by atoms with E-state index in [1.165, 1.54) is 0 Å². The van der Waals surface area contributed by atoms with Crippen molar-refractivity contribution >= 4 is 41.8 Å². The lowest BCUT2D eigenvalue weighted by Crippen LogP contribution is -2.20.